The fourth-order valence-corrected chi connectivity index (χ4v) is 3.92. The van der Waals surface area contributed by atoms with Crippen LogP contribution < -0.4 is 15.5 Å². The third-order valence-electron chi connectivity index (χ3n) is 5.88. The molecule has 1 amide bonds. The Morgan fingerprint density at radius 3 is 2.54 bits per heavy atom. The molecule has 0 bridgehead atoms. The van der Waals surface area contributed by atoms with Gasteiger partial charge >= 0.3 is 0 Å². The second kappa shape index (κ2) is 11.6. The Hall–Kier alpha value is -3.69. The third-order valence-corrected chi connectivity index (χ3v) is 6.13. The highest BCUT2D eigenvalue weighted by molar-refractivity contribution is 7.83. The second-order valence-corrected chi connectivity index (χ2v) is 8.59. The Labute approximate surface area is 211 Å². The molecule has 0 unspecified atom stereocenters. The van der Waals surface area contributed by atoms with Crippen LogP contribution in [0.15, 0.2) is 71.5 Å². The van der Waals surface area contributed by atoms with Crippen LogP contribution in [0.4, 0.5) is 17.1 Å². The van der Waals surface area contributed by atoms with Crippen molar-refractivity contribution in [2.24, 2.45) is 4.99 Å². The molecule has 3 aromatic rings. The number of hydrogen-bond donors (Lipinski definition) is 3. The van der Waals surface area contributed by atoms with E-state index in [0.29, 0.717) is 22.6 Å². The number of nitrogens with one attached hydrogen (secondary N) is 2. The van der Waals surface area contributed by atoms with Crippen molar-refractivity contribution in [1.29, 1.82) is 0 Å². The number of nitrogens with zero attached hydrogens (tertiary/aromatic N) is 5. The number of likely N-dealkylation sites (N-methyl/N-ethyl adjacent to an activating group) is 1. The first kappa shape index (κ1) is 24.4. The first-order chi connectivity index (χ1) is 17.0. The van der Waals surface area contributed by atoms with Crippen LogP contribution in [0.2, 0.25) is 0 Å². The molecular weight excluding hydrogens is 458 g/mol. The summed E-state index contributed by atoms with van der Waals surface area (Å²) in [4.78, 5) is 30.2. The van der Waals surface area contributed by atoms with Gasteiger partial charge in [-0.15, -0.1) is 12.6 Å². The summed E-state index contributed by atoms with van der Waals surface area (Å²) >= 11 is 4.23. The largest absolute Gasteiger partial charge is 0.369 e. The summed E-state index contributed by atoms with van der Waals surface area (Å²) in [5.74, 6) is -0.182. The number of piperazine rings is 1. The summed E-state index contributed by atoms with van der Waals surface area (Å²) in [5.41, 5.74) is 5.50. The fourth-order valence-electron chi connectivity index (χ4n) is 3.71. The van der Waals surface area contributed by atoms with Crippen molar-refractivity contribution in [3.8, 4) is 0 Å². The normalized spacial score (nSPS) is 14.8. The van der Waals surface area contributed by atoms with Crippen LogP contribution in [0.3, 0.4) is 0 Å². The number of thiol groups is 1. The van der Waals surface area contributed by atoms with Crippen LogP contribution in [-0.2, 0) is 0 Å². The molecule has 2 aromatic carbocycles. The smallest absolute Gasteiger partial charge is 0.255 e. The molecule has 0 aliphatic carbocycles. The van der Waals surface area contributed by atoms with Crippen LogP contribution in [0, 0.1) is 6.92 Å². The van der Waals surface area contributed by atoms with Gasteiger partial charge in [-0.3, -0.25) is 4.79 Å². The number of hydrogen-bond acceptors (Lipinski definition) is 7. The predicted octanol–water partition coefficient (Wildman–Crippen LogP) is 3.97. The molecule has 0 radical (unpaired) electrons. The zero-order valence-corrected chi connectivity index (χ0v) is 20.7. The lowest BCUT2D eigenvalue weighted by molar-refractivity contribution is 0.102. The SMILES string of the molecule is Cc1ccc(C(=O)Nc2ccc(N3CCN(C)CC3)cc2)cc1N=CN/C(=C\S)c1ccncn1. The molecule has 35 heavy (non-hydrogen) atoms. The highest BCUT2D eigenvalue weighted by Gasteiger charge is 2.14. The van der Waals surface area contributed by atoms with Gasteiger partial charge in [0.15, 0.2) is 0 Å². The fraction of sp³-hybridized carbons (Fsp3) is 0.231. The summed E-state index contributed by atoms with van der Waals surface area (Å²) in [6.07, 6.45) is 4.69. The van der Waals surface area contributed by atoms with Crippen LogP contribution in [0.25, 0.3) is 5.70 Å². The first-order valence-electron chi connectivity index (χ1n) is 11.4. The van der Waals surface area contributed by atoms with E-state index in [-0.39, 0.29) is 5.91 Å². The van der Waals surface area contributed by atoms with Crippen molar-refractivity contribution in [2.75, 3.05) is 43.4 Å². The number of carbonyl (C=O) groups excluding carboxylic acids is 1. The van der Waals surface area contributed by atoms with Crippen LogP contribution >= 0.6 is 12.6 Å². The average molecular weight is 488 g/mol. The summed E-state index contributed by atoms with van der Waals surface area (Å²) in [5, 5.41) is 7.67. The number of benzene rings is 2. The van der Waals surface area contributed by atoms with E-state index in [9.17, 15) is 4.79 Å². The molecular formula is C26H29N7OS. The van der Waals surface area contributed by atoms with Crippen molar-refractivity contribution in [3.63, 3.8) is 0 Å². The van der Waals surface area contributed by atoms with E-state index in [4.69, 9.17) is 0 Å². The molecule has 0 saturated carbocycles. The molecule has 2 heterocycles. The molecule has 2 N–H and O–H groups in total. The van der Waals surface area contributed by atoms with Crippen molar-refractivity contribution < 1.29 is 4.79 Å². The Kier molecular flexibility index (Phi) is 8.12. The predicted molar refractivity (Wildman–Crippen MR) is 146 cm³/mol. The summed E-state index contributed by atoms with van der Waals surface area (Å²) in [6, 6.07) is 15.2. The van der Waals surface area contributed by atoms with Crippen LogP contribution in [-0.4, -0.2) is 60.3 Å². The van der Waals surface area contributed by atoms with Gasteiger partial charge in [-0.05, 0) is 67.4 Å². The number of aromatic nitrogens is 2. The number of rotatable bonds is 7. The lowest BCUT2D eigenvalue weighted by Gasteiger charge is -2.34. The topological polar surface area (TPSA) is 85.8 Å². The summed E-state index contributed by atoms with van der Waals surface area (Å²) in [7, 11) is 2.14. The van der Waals surface area contributed by atoms with Gasteiger partial charge in [0.2, 0.25) is 0 Å². The third kappa shape index (κ3) is 6.46. The first-order valence-corrected chi connectivity index (χ1v) is 11.9. The van der Waals surface area contributed by atoms with Crippen molar-refractivity contribution >= 4 is 47.6 Å². The van der Waals surface area contributed by atoms with E-state index >= 15 is 0 Å². The number of carbonyl (C=O) groups is 1. The van der Waals surface area contributed by atoms with Crippen molar-refractivity contribution in [2.45, 2.75) is 6.92 Å². The molecule has 4 rings (SSSR count). The summed E-state index contributed by atoms with van der Waals surface area (Å²) in [6.45, 7) is 6.07. The van der Waals surface area contributed by atoms with E-state index in [1.54, 1.807) is 36.1 Å². The number of aliphatic imine (C=N–C) groups is 1. The van der Waals surface area contributed by atoms with Gasteiger partial charge in [0.05, 0.1) is 23.4 Å². The Morgan fingerprint density at radius 2 is 1.86 bits per heavy atom. The van der Waals surface area contributed by atoms with E-state index < -0.39 is 0 Å². The monoisotopic (exact) mass is 487 g/mol. The molecule has 1 aromatic heterocycles. The minimum Gasteiger partial charge on any atom is -0.369 e. The maximum atomic E-state index is 12.9. The zero-order chi connectivity index (χ0) is 24.6. The molecule has 1 saturated heterocycles. The Balaban J connectivity index is 1.39. The van der Waals surface area contributed by atoms with Crippen molar-refractivity contribution in [3.05, 3.63) is 83.3 Å². The highest BCUT2D eigenvalue weighted by atomic mass is 32.1. The molecule has 0 atom stereocenters. The number of anilines is 2. The molecule has 1 aliphatic rings. The van der Waals surface area contributed by atoms with E-state index in [2.05, 4.69) is 67.2 Å². The van der Waals surface area contributed by atoms with Gasteiger partial charge in [0.1, 0.15) is 6.33 Å². The maximum Gasteiger partial charge on any atom is 0.255 e. The average Bonchev–Trinajstić information content (AvgIpc) is 2.89. The molecule has 1 fully saturated rings. The number of aryl methyl sites for hydroxylation is 1. The minimum absolute atomic E-state index is 0.182. The Bertz CT molecular complexity index is 1200. The second-order valence-electron chi connectivity index (χ2n) is 8.33. The lowest BCUT2D eigenvalue weighted by atomic mass is 10.1. The Morgan fingerprint density at radius 1 is 1.09 bits per heavy atom. The van der Waals surface area contributed by atoms with Crippen LogP contribution in [0.5, 0.6) is 0 Å². The standard InChI is InChI=1S/C26H29N7OS/c1-19-3-4-20(15-24(19)29-18-30-25(16-35)23-9-10-27-17-28-23)26(34)31-21-5-7-22(8-6-21)33-13-11-32(2)12-14-33/h3-10,15-18,35H,11-14H2,1-2H3,(H,29,30)(H,31,34)/b25-16-. The lowest BCUT2D eigenvalue weighted by Crippen LogP contribution is -2.44. The van der Waals surface area contributed by atoms with Gasteiger partial charge < -0.3 is 20.4 Å². The zero-order valence-electron chi connectivity index (χ0n) is 19.8. The molecule has 180 valence electrons. The van der Waals surface area contributed by atoms with Gasteiger partial charge in [-0.25, -0.2) is 15.0 Å². The molecule has 8 nitrogen and oxygen atoms in total. The van der Waals surface area contributed by atoms with E-state index in [0.717, 1.165) is 37.4 Å². The number of amides is 1. The highest BCUT2D eigenvalue weighted by Crippen LogP contribution is 2.23. The van der Waals surface area contributed by atoms with E-state index in [1.165, 1.54) is 12.0 Å². The van der Waals surface area contributed by atoms with Crippen LogP contribution in [0.1, 0.15) is 21.6 Å². The van der Waals surface area contributed by atoms with Gasteiger partial charge in [0, 0.05) is 49.3 Å². The quantitative estimate of drug-likeness (QED) is 0.266. The van der Waals surface area contributed by atoms with Gasteiger partial charge in [-0.1, -0.05) is 6.07 Å². The van der Waals surface area contributed by atoms with E-state index in [1.807, 2.05) is 25.1 Å². The van der Waals surface area contributed by atoms with Gasteiger partial charge in [0.25, 0.3) is 5.91 Å². The van der Waals surface area contributed by atoms with Crippen molar-refractivity contribution in [1.82, 2.24) is 20.2 Å². The molecule has 1 aliphatic heterocycles. The maximum absolute atomic E-state index is 12.9. The minimum atomic E-state index is -0.182. The molecule has 9 heteroatoms. The molecule has 0 spiro atoms. The summed E-state index contributed by atoms with van der Waals surface area (Å²) < 4.78 is 0. The van der Waals surface area contributed by atoms with Gasteiger partial charge in [-0.2, -0.15) is 0 Å².